The lowest BCUT2D eigenvalue weighted by Gasteiger charge is -2.36. The van der Waals surface area contributed by atoms with Crippen LogP contribution in [0.5, 0.6) is 0 Å². The molecule has 0 atom stereocenters. The van der Waals surface area contributed by atoms with Crippen LogP contribution in [-0.2, 0) is 28.5 Å². The fourth-order valence-electron chi connectivity index (χ4n) is 1.35. The van der Waals surface area contributed by atoms with Gasteiger partial charge in [-0.15, -0.1) is 0 Å². The molecule has 0 aliphatic carbocycles. The van der Waals surface area contributed by atoms with Crippen molar-refractivity contribution >= 4 is 11.9 Å². The smallest absolute Gasteiger partial charge is 0.330 e. The van der Waals surface area contributed by atoms with Crippen LogP contribution < -0.4 is 5.73 Å². The van der Waals surface area contributed by atoms with E-state index >= 15 is 0 Å². The summed E-state index contributed by atoms with van der Waals surface area (Å²) in [5.74, 6) is -0.570. The summed E-state index contributed by atoms with van der Waals surface area (Å²) in [6.45, 7) is 2.08. The van der Waals surface area contributed by atoms with Crippen molar-refractivity contribution in [3.05, 3.63) is 11.6 Å². The number of rotatable bonds is 3. The van der Waals surface area contributed by atoms with Crippen LogP contribution >= 0.6 is 0 Å². The highest BCUT2D eigenvalue weighted by Crippen LogP contribution is 2.17. The maximum absolute atomic E-state index is 10.7. The molecule has 108 valence electrons. The Balaban J connectivity index is 0.000000191. The second-order valence-corrected chi connectivity index (χ2v) is 4.43. The standard InChI is InChI=1S/C6H11NO3.C6H8O3/c1-9-5(8)2-6(7)3-10-4-6;1-8-6(7)2-5-3-9-4-5/h2-4,7H2,1H3;2H,3-4H2,1H3. The number of hydrogen-bond donors (Lipinski definition) is 1. The SMILES string of the molecule is COC(=O)C=C1COC1.COC(=O)CC1(N)COC1. The van der Waals surface area contributed by atoms with Crippen LogP contribution in [0.1, 0.15) is 6.42 Å². The number of esters is 2. The Hall–Kier alpha value is -1.44. The van der Waals surface area contributed by atoms with Gasteiger partial charge in [-0.1, -0.05) is 0 Å². The average molecular weight is 273 g/mol. The fourth-order valence-corrected chi connectivity index (χ4v) is 1.35. The lowest BCUT2D eigenvalue weighted by molar-refractivity contribution is -0.147. The van der Waals surface area contributed by atoms with Crippen molar-refractivity contribution in [2.75, 3.05) is 40.6 Å². The molecule has 0 bridgehead atoms. The molecule has 0 saturated carbocycles. The highest BCUT2D eigenvalue weighted by atomic mass is 16.5. The predicted molar refractivity (Wildman–Crippen MR) is 65.3 cm³/mol. The van der Waals surface area contributed by atoms with Crippen molar-refractivity contribution in [2.45, 2.75) is 12.0 Å². The second-order valence-electron chi connectivity index (χ2n) is 4.43. The van der Waals surface area contributed by atoms with Crippen LogP contribution in [0.2, 0.25) is 0 Å². The molecule has 0 aromatic carbocycles. The van der Waals surface area contributed by atoms with Crippen molar-refractivity contribution in [3.63, 3.8) is 0 Å². The third-order valence-electron chi connectivity index (χ3n) is 2.60. The van der Waals surface area contributed by atoms with Crippen molar-refractivity contribution in [1.29, 1.82) is 0 Å². The zero-order valence-electron chi connectivity index (χ0n) is 11.1. The van der Waals surface area contributed by atoms with Gasteiger partial charge in [-0.25, -0.2) is 4.79 Å². The maximum Gasteiger partial charge on any atom is 0.330 e. The molecule has 2 fully saturated rings. The fraction of sp³-hybridized carbons (Fsp3) is 0.667. The first-order valence-electron chi connectivity index (χ1n) is 5.78. The Morgan fingerprint density at radius 2 is 1.89 bits per heavy atom. The third kappa shape index (κ3) is 5.37. The van der Waals surface area contributed by atoms with Gasteiger partial charge in [0.05, 0.1) is 52.6 Å². The summed E-state index contributed by atoms with van der Waals surface area (Å²) in [6.07, 6.45) is 1.72. The Morgan fingerprint density at radius 3 is 2.21 bits per heavy atom. The van der Waals surface area contributed by atoms with E-state index < -0.39 is 5.54 Å². The second kappa shape index (κ2) is 7.22. The molecule has 7 heteroatoms. The van der Waals surface area contributed by atoms with Gasteiger partial charge in [0.25, 0.3) is 0 Å². The summed E-state index contributed by atoms with van der Waals surface area (Å²) in [4.78, 5) is 21.1. The van der Waals surface area contributed by atoms with Crippen molar-refractivity contribution in [2.24, 2.45) is 5.73 Å². The van der Waals surface area contributed by atoms with Crippen LogP contribution in [0.25, 0.3) is 0 Å². The molecule has 2 N–H and O–H groups in total. The molecule has 0 unspecified atom stereocenters. The molecule has 2 aliphatic heterocycles. The van der Waals surface area contributed by atoms with Gasteiger partial charge in [-0.05, 0) is 5.57 Å². The highest BCUT2D eigenvalue weighted by Gasteiger charge is 2.36. The Bertz CT molecular complexity index is 355. The normalized spacial score (nSPS) is 19.0. The van der Waals surface area contributed by atoms with E-state index in [2.05, 4.69) is 9.47 Å². The van der Waals surface area contributed by atoms with E-state index in [9.17, 15) is 9.59 Å². The number of carbonyl (C=O) groups is 2. The molecule has 2 aliphatic rings. The highest BCUT2D eigenvalue weighted by molar-refractivity contribution is 5.82. The molecule has 19 heavy (non-hydrogen) atoms. The molecule has 0 amide bonds. The van der Waals surface area contributed by atoms with Crippen LogP contribution in [0.15, 0.2) is 11.6 Å². The van der Waals surface area contributed by atoms with Gasteiger partial charge in [0.2, 0.25) is 0 Å². The summed E-state index contributed by atoms with van der Waals surface area (Å²) < 4.78 is 18.5. The molecule has 7 nitrogen and oxygen atoms in total. The summed E-state index contributed by atoms with van der Waals surface area (Å²) in [6, 6.07) is 0. The molecule has 0 aromatic heterocycles. The van der Waals surface area contributed by atoms with E-state index in [0.717, 1.165) is 5.57 Å². The third-order valence-corrected chi connectivity index (χ3v) is 2.60. The number of hydrogen-bond acceptors (Lipinski definition) is 7. The molecule has 0 radical (unpaired) electrons. The topological polar surface area (TPSA) is 97.1 Å². The molecule has 2 rings (SSSR count). The molecule has 0 aromatic rings. The number of methoxy groups -OCH3 is 2. The first-order chi connectivity index (χ1) is 8.99. The van der Waals surface area contributed by atoms with Gasteiger partial charge in [-0.2, -0.15) is 0 Å². The number of ether oxygens (including phenoxy) is 4. The van der Waals surface area contributed by atoms with Crippen molar-refractivity contribution in [1.82, 2.24) is 0 Å². The molecule has 2 heterocycles. The summed E-state index contributed by atoms with van der Waals surface area (Å²) in [5, 5.41) is 0. The predicted octanol–water partition coefficient (Wildman–Crippen LogP) is -0.607. The van der Waals surface area contributed by atoms with Crippen LogP contribution in [0.4, 0.5) is 0 Å². The van der Waals surface area contributed by atoms with Crippen molar-refractivity contribution < 1.29 is 28.5 Å². The van der Waals surface area contributed by atoms with E-state index in [-0.39, 0.29) is 18.4 Å². The van der Waals surface area contributed by atoms with E-state index in [1.165, 1.54) is 20.3 Å². The molecular weight excluding hydrogens is 254 g/mol. The zero-order valence-corrected chi connectivity index (χ0v) is 11.1. The van der Waals surface area contributed by atoms with Gasteiger partial charge in [0, 0.05) is 6.08 Å². The Labute approximate surface area is 111 Å². The number of carbonyl (C=O) groups excluding carboxylic acids is 2. The maximum atomic E-state index is 10.7. The summed E-state index contributed by atoms with van der Waals surface area (Å²) in [5.41, 5.74) is 6.20. The van der Waals surface area contributed by atoms with Gasteiger partial charge >= 0.3 is 11.9 Å². The van der Waals surface area contributed by atoms with E-state index in [1.807, 2.05) is 0 Å². The average Bonchev–Trinajstić information content (AvgIpc) is 2.32. The van der Waals surface area contributed by atoms with Crippen LogP contribution in [0.3, 0.4) is 0 Å². The first-order valence-corrected chi connectivity index (χ1v) is 5.78. The Kier molecular flexibility index (Phi) is 5.94. The van der Waals surface area contributed by atoms with E-state index in [4.69, 9.17) is 15.2 Å². The Morgan fingerprint density at radius 1 is 1.26 bits per heavy atom. The zero-order chi connectivity index (χ0) is 14.3. The monoisotopic (exact) mass is 273 g/mol. The number of nitrogens with two attached hydrogens (primary N) is 1. The quantitative estimate of drug-likeness (QED) is 0.541. The first kappa shape index (κ1) is 15.6. The lowest BCUT2D eigenvalue weighted by Crippen LogP contribution is -2.58. The molecule has 2 saturated heterocycles. The van der Waals surface area contributed by atoms with E-state index in [1.54, 1.807) is 0 Å². The largest absolute Gasteiger partial charge is 0.469 e. The van der Waals surface area contributed by atoms with Gasteiger partial charge < -0.3 is 24.7 Å². The minimum Gasteiger partial charge on any atom is -0.469 e. The summed E-state index contributed by atoms with van der Waals surface area (Å²) in [7, 11) is 2.71. The van der Waals surface area contributed by atoms with E-state index in [0.29, 0.717) is 26.4 Å². The lowest BCUT2D eigenvalue weighted by atomic mass is 9.95. The van der Waals surface area contributed by atoms with Gasteiger partial charge in [-0.3, -0.25) is 4.79 Å². The van der Waals surface area contributed by atoms with Crippen LogP contribution in [-0.4, -0.2) is 58.1 Å². The van der Waals surface area contributed by atoms with Gasteiger partial charge in [0.1, 0.15) is 0 Å². The minimum absolute atomic E-state index is 0.253. The van der Waals surface area contributed by atoms with Gasteiger partial charge in [0.15, 0.2) is 0 Å². The minimum atomic E-state index is -0.451. The molecular formula is C12H19NO6. The molecule has 0 spiro atoms. The summed E-state index contributed by atoms with van der Waals surface area (Å²) >= 11 is 0. The van der Waals surface area contributed by atoms with Crippen molar-refractivity contribution in [3.8, 4) is 0 Å². The van der Waals surface area contributed by atoms with Crippen LogP contribution in [0, 0.1) is 0 Å².